The third kappa shape index (κ3) is 3.27. The number of rotatable bonds is 4. The minimum Gasteiger partial charge on any atom is -0.308 e. The molecule has 0 radical (unpaired) electrons. The minimum absolute atomic E-state index is 0.518. The van der Waals surface area contributed by atoms with E-state index in [0.717, 1.165) is 12.0 Å². The Morgan fingerprint density at radius 3 is 2.07 bits per heavy atom. The van der Waals surface area contributed by atoms with Crippen LogP contribution in [0.3, 0.4) is 0 Å². The van der Waals surface area contributed by atoms with E-state index in [0.29, 0.717) is 5.54 Å². The van der Waals surface area contributed by atoms with E-state index < -0.39 is 0 Å². The maximum Gasteiger partial charge on any atom is 0.0196 e. The molecule has 0 bridgehead atoms. The standard InChI is InChI=1S/C11H23N.C2H6/c1-5-7-11(6-2)8-10(12-11)9(3)4;1-2/h9-10,12H,5-8H2,1-4H3;1-2H3. The average molecular weight is 199 g/mol. The van der Waals surface area contributed by atoms with E-state index in [4.69, 9.17) is 0 Å². The molecule has 1 saturated heterocycles. The SMILES string of the molecule is CC.CCCC1(CC)CC(C(C)C)N1. The lowest BCUT2D eigenvalue weighted by atomic mass is 9.73. The molecule has 0 saturated carbocycles. The van der Waals surface area contributed by atoms with Crippen LogP contribution in [0.2, 0.25) is 0 Å². The van der Waals surface area contributed by atoms with Crippen LogP contribution in [0.1, 0.15) is 67.2 Å². The summed E-state index contributed by atoms with van der Waals surface area (Å²) in [6.07, 6.45) is 5.36. The van der Waals surface area contributed by atoms with Crippen molar-refractivity contribution in [3.63, 3.8) is 0 Å². The fraction of sp³-hybridized carbons (Fsp3) is 1.00. The Kier molecular flexibility index (Phi) is 6.43. The van der Waals surface area contributed by atoms with Gasteiger partial charge in [-0.3, -0.25) is 0 Å². The Morgan fingerprint density at radius 1 is 1.29 bits per heavy atom. The van der Waals surface area contributed by atoms with Crippen molar-refractivity contribution >= 4 is 0 Å². The minimum atomic E-state index is 0.518. The Hall–Kier alpha value is -0.0400. The van der Waals surface area contributed by atoms with Crippen LogP contribution in [-0.2, 0) is 0 Å². The molecule has 1 heteroatoms. The summed E-state index contributed by atoms with van der Waals surface area (Å²) in [6, 6.07) is 0.788. The van der Waals surface area contributed by atoms with Crippen LogP contribution in [0.15, 0.2) is 0 Å². The molecule has 0 aromatic carbocycles. The van der Waals surface area contributed by atoms with Gasteiger partial charge in [-0.1, -0.05) is 48.0 Å². The van der Waals surface area contributed by atoms with E-state index in [1.807, 2.05) is 13.8 Å². The van der Waals surface area contributed by atoms with E-state index in [9.17, 15) is 0 Å². The van der Waals surface area contributed by atoms with Crippen molar-refractivity contribution < 1.29 is 0 Å². The van der Waals surface area contributed by atoms with Crippen molar-refractivity contribution in [1.82, 2.24) is 5.32 Å². The number of hydrogen-bond donors (Lipinski definition) is 1. The summed E-state index contributed by atoms with van der Waals surface area (Å²) in [7, 11) is 0. The van der Waals surface area contributed by atoms with Gasteiger partial charge in [0.1, 0.15) is 0 Å². The van der Waals surface area contributed by atoms with Gasteiger partial charge in [0, 0.05) is 11.6 Å². The summed E-state index contributed by atoms with van der Waals surface area (Å²) in [6.45, 7) is 13.2. The quantitative estimate of drug-likeness (QED) is 0.722. The van der Waals surface area contributed by atoms with Crippen LogP contribution < -0.4 is 5.32 Å². The van der Waals surface area contributed by atoms with Crippen LogP contribution in [0.5, 0.6) is 0 Å². The van der Waals surface area contributed by atoms with Gasteiger partial charge < -0.3 is 5.32 Å². The van der Waals surface area contributed by atoms with Gasteiger partial charge in [-0.05, 0) is 25.2 Å². The highest BCUT2D eigenvalue weighted by Crippen LogP contribution is 2.35. The van der Waals surface area contributed by atoms with Crippen molar-refractivity contribution in [3.05, 3.63) is 0 Å². The first-order valence-electron chi connectivity index (χ1n) is 6.41. The van der Waals surface area contributed by atoms with Gasteiger partial charge in [-0.25, -0.2) is 0 Å². The first kappa shape index (κ1) is 14.0. The van der Waals surface area contributed by atoms with Crippen molar-refractivity contribution in [3.8, 4) is 0 Å². The second-order valence-corrected chi connectivity index (χ2v) is 4.58. The predicted octanol–water partition coefficient (Wildman–Crippen LogP) is 3.98. The van der Waals surface area contributed by atoms with E-state index >= 15 is 0 Å². The summed E-state index contributed by atoms with van der Waals surface area (Å²) in [5.41, 5.74) is 0.518. The molecule has 1 aliphatic rings. The zero-order valence-corrected chi connectivity index (χ0v) is 11.0. The molecule has 1 fully saturated rings. The fourth-order valence-electron chi connectivity index (χ4n) is 2.27. The summed E-state index contributed by atoms with van der Waals surface area (Å²) in [5, 5.41) is 3.74. The zero-order chi connectivity index (χ0) is 11.2. The normalized spacial score (nSPS) is 30.6. The maximum atomic E-state index is 3.74. The third-order valence-electron chi connectivity index (χ3n) is 3.31. The van der Waals surface area contributed by atoms with Crippen LogP contribution in [0.25, 0.3) is 0 Å². The molecule has 2 atom stereocenters. The molecule has 1 heterocycles. The smallest absolute Gasteiger partial charge is 0.0196 e. The molecule has 0 aromatic rings. The maximum absolute atomic E-state index is 3.74. The first-order valence-corrected chi connectivity index (χ1v) is 6.41. The highest BCUT2D eigenvalue weighted by Gasteiger charge is 2.41. The molecule has 0 aromatic heterocycles. The van der Waals surface area contributed by atoms with Crippen LogP contribution >= 0.6 is 0 Å². The Balaban J connectivity index is 0.000000791. The molecular formula is C13H29N. The molecule has 1 aliphatic heterocycles. The van der Waals surface area contributed by atoms with Gasteiger partial charge in [-0.15, -0.1) is 0 Å². The number of hydrogen-bond acceptors (Lipinski definition) is 1. The highest BCUT2D eigenvalue weighted by atomic mass is 15.1. The van der Waals surface area contributed by atoms with Crippen LogP contribution in [0.4, 0.5) is 0 Å². The Labute approximate surface area is 90.7 Å². The van der Waals surface area contributed by atoms with E-state index in [1.54, 1.807) is 0 Å². The van der Waals surface area contributed by atoms with Crippen LogP contribution in [-0.4, -0.2) is 11.6 Å². The molecular weight excluding hydrogens is 170 g/mol. The van der Waals surface area contributed by atoms with Gasteiger partial charge in [0.15, 0.2) is 0 Å². The van der Waals surface area contributed by atoms with Gasteiger partial charge in [-0.2, -0.15) is 0 Å². The molecule has 0 amide bonds. The molecule has 0 aliphatic carbocycles. The molecule has 2 unspecified atom stereocenters. The zero-order valence-electron chi connectivity index (χ0n) is 11.0. The summed E-state index contributed by atoms with van der Waals surface area (Å²) in [5.74, 6) is 0.807. The van der Waals surface area contributed by atoms with E-state index in [1.165, 1.54) is 25.7 Å². The lowest BCUT2D eigenvalue weighted by molar-refractivity contribution is 0.0882. The largest absolute Gasteiger partial charge is 0.308 e. The lowest BCUT2D eigenvalue weighted by Gasteiger charge is -2.51. The second kappa shape index (κ2) is 6.44. The molecule has 1 nitrogen and oxygen atoms in total. The summed E-state index contributed by atoms with van der Waals surface area (Å²) >= 11 is 0. The Bertz CT molecular complexity index is 134. The van der Waals surface area contributed by atoms with Crippen LogP contribution in [0, 0.1) is 5.92 Å². The van der Waals surface area contributed by atoms with Gasteiger partial charge in [0.05, 0.1) is 0 Å². The van der Waals surface area contributed by atoms with Crippen molar-refractivity contribution in [2.24, 2.45) is 5.92 Å². The molecule has 86 valence electrons. The van der Waals surface area contributed by atoms with Crippen molar-refractivity contribution in [2.45, 2.75) is 78.8 Å². The Morgan fingerprint density at radius 2 is 1.79 bits per heavy atom. The van der Waals surface area contributed by atoms with Crippen molar-refractivity contribution in [1.29, 1.82) is 0 Å². The van der Waals surface area contributed by atoms with E-state index in [2.05, 4.69) is 33.0 Å². The van der Waals surface area contributed by atoms with Gasteiger partial charge in [0.25, 0.3) is 0 Å². The second-order valence-electron chi connectivity index (χ2n) is 4.58. The molecule has 0 spiro atoms. The summed E-state index contributed by atoms with van der Waals surface area (Å²) < 4.78 is 0. The van der Waals surface area contributed by atoms with Crippen molar-refractivity contribution in [2.75, 3.05) is 0 Å². The van der Waals surface area contributed by atoms with E-state index in [-0.39, 0.29) is 0 Å². The molecule has 1 N–H and O–H groups in total. The topological polar surface area (TPSA) is 12.0 Å². The lowest BCUT2D eigenvalue weighted by Crippen LogP contribution is -2.64. The fourth-order valence-corrected chi connectivity index (χ4v) is 2.27. The third-order valence-corrected chi connectivity index (χ3v) is 3.31. The molecule has 14 heavy (non-hydrogen) atoms. The van der Waals surface area contributed by atoms with Gasteiger partial charge in [0.2, 0.25) is 0 Å². The average Bonchev–Trinajstić information content (AvgIpc) is 2.13. The molecule has 1 rings (SSSR count). The predicted molar refractivity (Wildman–Crippen MR) is 65.7 cm³/mol. The van der Waals surface area contributed by atoms with Gasteiger partial charge >= 0.3 is 0 Å². The monoisotopic (exact) mass is 199 g/mol. The first-order chi connectivity index (χ1) is 6.63. The number of nitrogens with one attached hydrogen (secondary N) is 1. The highest BCUT2D eigenvalue weighted by molar-refractivity contribution is 5.02. The summed E-state index contributed by atoms with van der Waals surface area (Å²) in [4.78, 5) is 0.